The molecule has 0 spiro atoms. The van der Waals surface area contributed by atoms with Crippen LogP contribution in [0.4, 0.5) is 4.79 Å². The van der Waals surface area contributed by atoms with Gasteiger partial charge in [-0.05, 0) is 53.5 Å². The zero-order chi connectivity index (χ0) is 19.3. The monoisotopic (exact) mass is 352 g/mol. The number of nitrogens with one attached hydrogen (secondary N) is 1. The predicted octanol–water partition coefficient (Wildman–Crippen LogP) is 3.06. The largest absolute Gasteiger partial charge is 0.465 e. The number of amides is 1. The van der Waals surface area contributed by atoms with Crippen molar-refractivity contribution in [1.29, 1.82) is 0 Å². The van der Waals surface area contributed by atoms with Crippen LogP contribution in [0.15, 0.2) is 30.3 Å². The number of hydroxylamine groups is 1. The van der Waals surface area contributed by atoms with Crippen LogP contribution in [0.2, 0.25) is 0 Å². The van der Waals surface area contributed by atoms with Gasteiger partial charge in [0.05, 0.1) is 17.7 Å². The van der Waals surface area contributed by atoms with Gasteiger partial charge in [0.15, 0.2) is 0 Å². The average molecular weight is 352 g/mol. The van der Waals surface area contributed by atoms with Gasteiger partial charge in [-0.1, -0.05) is 30.3 Å². The highest BCUT2D eigenvalue weighted by Crippen LogP contribution is 2.22. The zero-order valence-electron chi connectivity index (χ0n) is 16.1. The van der Waals surface area contributed by atoms with Crippen LogP contribution in [0.5, 0.6) is 0 Å². The van der Waals surface area contributed by atoms with Crippen molar-refractivity contribution in [3.63, 3.8) is 0 Å². The molecule has 2 atom stereocenters. The fourth-order valence-electron chi connectivity index (χ4n) is 2.66. The molecule has 1 rings (SSSR count). The summed E-state index contributed by atoms with van der Waals surface area (Å²) in [6.07, 6.45) is -1.55. The van der Waals surface area contributed by atoms with Crippen LogP contribution in [0.1, 0.15) is 47.1 Å². The Morgan fingerprint density at radius 2 is 1.72 bits per heavy atom. The minimum atomic E-state index is -1.05. The first kappa shape index (κ1) is 21.4. The van der Waals surface area contributed by atoms with Gasteiger partial charge in [-0.15, -0.1) is 0 Å². The van der Waals surface area contributed by atoms with Gasteiger partial charge in [-0.25, -0.2) is 4.79 Å². The lowest BCUT2D eigenvalue weighted by molar-refractivity contribution is -0.0922. The van der Waals surface area contributed by atoms with Crippen LogP contribution in [0, 0.1) is 0 Å². The molecule has 0 aliphatic rings. The van der Waals surface area contributed by atoms with Gasteiger partial charge in [0.1, 0.15) is 0 Å². The number of aliphatic hydroxyl groups is 1. The summed E-state index contributed by atoms with van der Waals surface area (Å²) >= 11 is 0. The molecule has 1 aromatic carbocycles. The van der Waals surface area contributed by atoms with Crippen molar-refractivity contribution in [2.24, 2.45) is 0 Å². The molecule has 0 bridgehead atoms. The SMILES string of the molecule is CC(C)(C)ONCC(O)C(Cc1ccccc1)N(C(=O)O)C(C)(C)C. The molecular weight excluding hydrogens is 320 g/mol. The lowest BCUT2D eigenvalue weighted by Gasteiger charge is -2.42. The van der Waals surface area contributed by atoms with E-state index in [-0.39, 0.29) is 6.54 Å². The summed E-state index contributed by atoms with van der Waals surface area (Å²) in [7, 11) is 0. The van der Waals surface area contributed by atoms with E-state index < -0.39 is 29.4 Å². The molecular formula is C19H32N2O4. The van der Waals surface area contributed by atoms with Crippen LogP contribution in [-0.4, -0.2) is 51.0 Å². The predicted molar refractivity (Wildman–Crippen MR) is 98.4 cm³/mol. The average Bonchev–Trinajstić information content (AvgIpc) is 2.44. The zero-order valence-corrected chi connectivity index (χ0v) is 16.1. The van der Waals surface area contributed by atoms with Gasteiger partial charge in [-0.3, -0.25) is 9.74 Å². The highest BCUT2D eigenvalue weighted by atomic mass is 16.7. The molecule has 1 aromatic rings. The molecule has 25 heavy (non-hydrogen) atoms. The molecule has 0 aliphatic heterocycles. The second-order valence-electron chi connectivity index (χ2n) is 8.21. The van der Waals surface area contributed by atoms with E-state index in [4.69, 9.17) is 4.84 Å². The van der Waals surface area contributed by atoms with E-state index in [0.29, 0.717) is 6.42 Å². The number of benzene rings is 1. The summed E-state index contributed by atoms with van der Waals surface area (Å²) < 4.78 is 0. The summed E-state index contributed by atoms with van der Waals surface area (Å²) in [5.74, 6) is 0. The van der Waals surface area contributed by atoms with Crippen molar-refractivity contribution >= 4 is 6.09 Å². The van der Waals surface area contributed by atoms with E-state index in [0.717, 1.165) is 5.56 Å². The molecule has 0 aromatic heterocycles. The van der Waals surface area contributed by atoms with E-state index in [9.17, 15) is 15.0 Å². The Bertz CT molecular complexity index is 535. The minimum absolute atomic E-state index is 0.134. The van der Waals surface area contributed by atoms with E-state index in [2.05, 4.69) is 5.48 Å². The Morgan fingerprint density at radius 1 is 1.16 bits per heavy atom. The minimum Gasteiger partial charge on any atom is -0.465 e. The lowest BCUT2D eigenvalue weighted by atomic mass is 9.95. The van der Waals surface area contributed by atoms with Gasteiger partial charge in [-0.2, -0.15) is 5.48 Å². The smallest absolute Gasteiger partial charge is 0.408 e. The Kier molecular flexibility index (Phi) is 7.41. The molecule has 3 N–H and O–H groups in total. The fraction of sp³-hybridized carbons (Fsp3) is 0.632. The number of hydrogen-bond acceptors (Lipinski definition) is 4. The van der Waals surface area contributed by atoms with Crippen molar-refractivity contribution in [2.75, 3.05) is 6.54 Å². The van der Waals surface area contributed by atoms with Crippen molar-refractivity contribution < 1.29 is 19.8 Å². The number of nitrogens with zero attached hydrogens (tertiary/aromatic N) is 1. The maximum atomic E-state index is 11.9. The van der Waals surface area contributed by atoms with E-state index in [1.54, 1.807) is 0 Å². The topological polar surface area (TPSA) is 82.0 Å². The Labute approximate surface area is 150 Å². The summed E-state index contributed by atoms with van der Waals surface area (Å²) in [6.45, 7) is 11.3. The van der Waals surface area contributed by atoms with Crippen LogP contribution in [-0.2, 0) is 11.3 Å². The number of hydrogen-bond donors (Lipinski definition) is 3. The maximum absolute atomic E-state index is 11.9. The molecule has 0 radical (unpaired) electrons. The molecule has 0 saturated heterocycles. The van der Waals surface area contributed by atoms with E-state index in [1.807, 2.05) is 71.9 Å². The third-order valence-electron chi connectivity index (χ3n) is 3.66. The first-order chi connectivity index (χ1) is 11.4. The highest BCUT2D eigenvalue weighted by Gasteiger charge is 2.37. The Hall–Kier alpha value is -1.63. The Balaban J connectivity index is 2.99. The number of carbonyl (C=O) groups is 1. The third kappa shape index (κ3) is 7.42. The summed E-state index contributed by atoms with van der Waals surface area (Å²) in [5, 5.41) is 20.4. The summed E-state index contributed by atoms with van der Waals surface area (Å²) in [5.41, 5.74) is 2.70. The van der Waals surface area contributed by atoms with Crippen LogP contribution < -0.4 is 5.48 Å². The summed E-state index contributed by atoms with van der Waals surface area (Å²) in [4.78, 5) is 18.7. The first-order valence-electron chi connectivity index (χ1n) is 8.57. The normalized spacial score (nSPS) is 14.8. The molecule has 0 heterocycles. The molecule has 6 nitrogen and oxygen atoms in total. The number of rotatable bonds is 7. The quantitative estimate of drug-likeness (QED) is 0.657. The van der Waals surface area contributed by atoms with E-state index in [1.165, 1.54) is 4.90 Å². The maximum Gasteiger partial charge on any atom is 0.408 e. The number of carboxylic acid groups (broad SMARTS) is 1. The van der Waals surface area contributed by atoms with Crippen LogP contribution >= 0.6 is 0 Å². The van der Waals surface area contributed by atoms with Gasteiger partial charge < -0.3 is 10.2 Å². The van der Waals surface area contributed by atoms with Crippen LogP contribution in [0.3, 0.4) is 0 Å². The molecule has 0 saturated carbocycles. The molecule has 2 unspecified atom stereocenters. The molecule has 1 amide bonds. The van der Waals surface area contributed by atoms with Gasteiger partial charge in [0, 0.05) is 12.1 Å². The molecule has 142 valence electrons. The van der Waals surface area contributed by atoms with Gasteiger partial charge in [0.2, 0.25) is 0 Å². The standard InChI is InChI=1S/C19H32N2O4/c1-18(2,3)21(17(23)24)15(12-14-10-8-7-9-11-14)16(22)13-20-25-19(4,5)6/h7-11,15-16,20,22H,12-13H2,1-6H3,(H,23,24). The summed E-state index contributed by atoms with van der Waals surface area (Å²) in [6, 6.07) is 8.98. The van der Waals surface area contributed by atoms with Gasteiger partial charge in [0.25, 0.3) is 0 Å². The van der Waals surface area contributed by atoms with Crippen molar-refractivity contribution in [2.45, 2.75) is 71.2 Å². The fourth-order valence-corrected chi connectivity index (χ4v) is 2.66. The lowest BCUT2D eigenvalue weighted by Crippen LogP contribution is -2.58. The molecule has 0 fully saturated rings. The van der Waals surface area contributed by atoms with Crippen molar-refractivity contribution in [3.8, 4) is 0 Å². The second-order valence-corrected chi connectivity index (χ2v) is 8.21. The van der Waals surface area contributed by atoms with Crippen LogP contribution in [0.25, 0.3) is 0 Å². The Morgan fingerprint density at radius 3 is 2.16 bits per heavy atom. The van der Waals surface area contributed by atoms with Crippen molar-refractivity contribution in [1.82, 2.24) is 10.4 Å². The van der Waals surface area contributed by atoms with E-state index >= 15 is 0 Å². The third-order valence-corrected chi connectivity index (χ3v) is 3.66. The highest BCUT2D eigenvalue weighted by molar-refractivity contribution is 5.66. The molecule has 6 heteroatoms. The molecule has 0 aliphatic carbocycles. The van der Waals surface area contributed by atoms with Crippen molar-refractivity contribution in [3.05, 3.63) is 35.9 Å². The van der Waals surface area contributed by atoms with Gasteiger partial charge >= 0.3 is 6.09 Å². The first-order valence-corrected chi connectivity index (χ1v) is 8.57. The number of aliphatic hydroxyl groups excluding tert-OH is 1. The second kappa shape index (κ2) is 8.65.